The molecule has 2 heterocycles. The Labute approximate surface area is 323 Å². The first-order valence-electron chi connectivity index (χ1n) is 18.9. The summed E-state index contributed by atoms with van der Waals surface area (Å²) in [7, 11) is 0. The summed E-state index contributed by atoms with van der Waals surface area (Å²) in [6.45, 7) is 0. The number of rotatable bonds is 5. The number of benzene rings is 9. The molecule has 260 valence electrons. The molecule has 0 fully saturated rings. The fourth-order valence-corrected chi connectivity index (χ4v) is 8.07. The van der Waals surface area contributed by atoms with E-state index < -0.39 is 0 Å². The Morgan fingerprint density at radius 1 is 0.268 bits per heavy atom. The van der Waals surface area contributed by atoms with Gasteiger partial charge < -0.3 is 0 Å². The van der Waals surface area contributed by atoms with Crippen molar-refractivity contribution in [2.45, 2.75) is 0 Å². The third-order valence-electron chi connectivity index (χ3n) is 10.8. The highest BCUT2D eigenvalue weighted by Gasteiger charge is 2.17. The van der Waals surface area contributed by atoms with Crippen LogP contribution < -0.4 is 0 Å². The Bertz CT molecular complexity index is 3180. The summed E-state index contributed by atoms with van der Waals surface area (Å²) in [5.41, 5.74) is 8.17. The molecule has 11 aromatic rings. The van der Waals surface area contributed by atoms with Crippen LogP contribution in [0.4, 0.5) is 0 Å². The van der Waals surface area contributed by atoms with Crippen molar-refractivity contribution < 1.29 is 0 Å². The molecule has 0 N–H and O–H groups in total. The van der Waals surface area contributed by atoms with Gasteiger partial charge in [-0.1, -0.05) is 121 Å². The van der Waals surface area contributed by atoms with Gasteiger partial charge in [0, 0.05) is 28.3 Å². The van der Waals surface area contributed by atoms with Gasteiger partial charge in [0.15, 0.2) is 17.5 Å². The molecule has 2 aromatic heterocycles. The van der Waals surface area contributed by atoms with Crippen molar-refractivity contribution in [3.05, 3.63) is 194 Å². The van der Waals surface area contributed by atoms with E-state index in [0.717, 1.165) is 49.8 Å². The molecule has 0 saturated carbocycles. The molecule has 0 aliphatic heterocycles. The summed E-state index contributed by atoms with van der Waals surface area (Å²) >= 11 is 0. The summed E-state index contributed by atoms with van der Waals surface area (Å²) < 4.78 is 0. The molecule has 0 spiro atoms. The lowest BCUT2D eigenvalue weighted by atomic mass is 9.90. The fraction of sp³-hybridized carbons (Fsp3) is 0. The lowest BCUT2D eigenvalue weighted by Gasteiger charge is -2.15. The van der Waals surface area contributed by atoms with Crippen LogP contribution >= 0.6 is 0 Å². The zero-order valence-corrected chi connectivity index (χ0v) is 30.3. The minimum atomic E-state index is 0.611. The van der Waals surface area contributed by atoms with Crippen LogP contribution in [-0.4, -0.2) is 19.9 Å². The Hall–Kier alpha value is -7.56. The Morgan fingerprint density at radius 2 is 0.750 bits per heavy atom. The van der Waals surface area contributed by atoms with Crippen molar-refractivity contribution in [1.29, 1.82) is 0 Å². The van der Waals surface area contributed by atoms with Gasteiger partial charge in [-0.2, -0.15) is 0 Å². The molecule has 4 heteroatoms. The third kappa shape index (κ3) is 5.64. The van der Waals surface area contributed by atoms with Gasteiger partial charge in [-0.05, 0) is 132 Å². The predicted octanol–water partition coefficient (Wildman–Crippen LogP) is 13.4. The summed E-state index contributed by atoms with van der Waals surface area (Å²) in [6, 6.07) is 66.7. The molecule has 0 radical (unpaired) electrons. The fourth-order valence-electron chi connectivity index (χ4n) is 8.07. The van der Waals surface area contributed by atoms with Crippen molar-refractivity contribution in [2.75, 3.05) is 0 Å². The van der Waals surface area contributed by atoms with E-state index in [-0.39, 0.29) is 0 Å². The lowest BCUT2D eigenvalue weighted by molar-refractivity contribution is 1.07. The van der Waals surface area contributed by atoms with Crippen molar-refractivity contribution in [2.24, 2.45) is 0 Å². The van der Waals surface area contributed by atoms with Crippen LogP contribution in [0.2, 0.25) is 0 Å². The van der Waals surface area contributed by atoms with E-state index in [4.69, 9.17) is 15.0 Å². The molecule has 0 aliphatic rings. The van der Waals surface area contributed by atoms with E-state index in [0.29, 0.717) is 17.5 Å². The number of pyridine rings is 1. The maximum Gasteiger partial charge on any atom is 0.164 e. The molecule has 0 unspecified atom stereocenters. The van der Waals surface area contributed by atoms with Gasteiger partial charge in [0.1, 0.15) is 0 Å². The Kier molecular flexibility index (Phi) is 7.46. The molecule has 4 nitrogen and oxygen atoms in total. The highest BCUT2D eigenvalue weighted by Crippen LogP contribution is 2.40. The van der Waals surface area contributed by atoms with Gasteiger partial charge in [0.05, 0.1) is 5.52 Å². The summed E-state index contributed by atoms with van der Waals surface area (Å²) in [6.07, 6.45) is 1.82. The summed E-state index contributed by atoms with van der Waals surface area (Å²) in [5, 5.41) is 10.7. The van der Waals surface area contributed by atoms with E-state index in [9.17, 15) is 0 Å². The normalized spacial score (nSPS) is 11.6. The number of nitrogens with zero attached hydrogens (tertiary/aromatic N) is 4. The van der Waals surface area contributed by atoms with E-state index >= 15 is 0 Å². The van der Waals surface area contributed by atoms with Crippen molar-refractivity contribution in [3.8, 4) is 56.4 Å². The maximum absolute atomic E-state index is 5.24. The van der Waals surface area contributed by atoms with Crippen LogP contribution in [0.1, 0.15) is 0 Å². The average Bonchev–Trinajstić information content (AvgIpc) is 3.27. The molecular weight excluding hydrogens is 681 g/mol. The quantitative estimate of drug-likeness (QED) is 0.167. The molecule has 0 amide bonds. The lowest BCUT2D eigenvalue weighted by Crippen LogP contribution is -2.01. The van der Waals surface area contributed by atoms with E-state index in [2.05, 4.69) is 157 Å². The highest BCUT2D eigenvalue weighted by molar-refractivity contribution is 6.08. The molecule has 11 rings (SSSR count). The van der Waals surface area contributed by atoms with Crippen LogP contribution in [0.3, 0.4) is 0 Å². The minimum Gasteiger partial charge on any atom is -0.256 e. The molecule has 0 atom stereocenters. The monoisotopic (exact) mass is 712 g/mol. The van der Waals surface area contributed by atoms with Crippen LogP contribution in [0.5, 0.6) is 0 Å². The third-order valence-corrected chi connectivity index (χ3v) is 10.8. The largest absolute Gasteiger partial charge is 0.256 e. The van der Waals surface area contributed by atoms with Gasteiger partial charge in [-0.3, -0.25) is 4.98 Å². The molecule has 0 aliphatic carbocycles. The highest BCUT2D eigenvalue weighted by atomic mass is 15.0. The van der Waals surface area contributed by atoms with Crippen LogP contribution in [-0.2, 0) is 0 Å². The van der Waals surface area contributed by atoms with Crippen LogP contribution in [0.15, 0.2) is 194 Å². The maximum atomic E-state index is 5.24. The van der Waals surface area contributed by atoms with Gasteiger partial charge in [-0.25, -0.2) is 15.0 Å². The Balaban J connectivity index is 1.19. The van der Waals surface area contributed by atoms with E-state index in [1.807, 2.05) is 42.6 Å². The zero-order chi connectivity index (χ0) is 37.0. The van der Waals surface area contributed by atoms with Crippen LogP contribution in [0.25, 0.3) is 110 Å². The average molecular weight is 713 g/mol. The van der Waals surface area contributed by atoms with Crippen molar-refractivity contribution in [1.82, 2.24) is 19.9 Å². The second kappa shape index (κ2) is 13.1. The smallest absolute Gasteiger partial charge is 0.164 e. The topological polar surface area (TPSA) is 51.6 Å². The molecular formula is C52H32N4. The molecule has 56 heavy (non-hydrogen) atoms. The number of hydrogen-bond donors (Lipinski definition) is 0. The van der Waals surface area contributed by atoms with Gasteiger partial charge in [-0.15, -0.1) is 0 Å². The Morgan fingerprint density at radius 3 is 1.36 bits per heavy atom. The molecule has 0 saturated heterocycles. The second-order valence-electron chi connectivity index (χ2n) is 14.3. The standard InChI is InChI=1S/C52H32N4/c1-2-11-33(12-3-1)50-54-51(41-22-23-49-40(27-41)19-10-24-53-49)56-52(55-50)44-29-42(45-20-8-17-38-25-34-13-4-6-15-36(34)31-47(38)45)28-43(30-44)46-21-9-18-39-26-35-14-5-7-16-37(35)32-48(39)46/h1-32H. The SMILES string of the molecule is c1ccc(-c2nc(-c3cc(-c4cccc5cc6ccccc6cc45)cc(-c4cccc5cc6ccccc6cc45)c3)nc(-c3ccc4ncccc4c3)n2)cc1. The van der Waals surface area contributed by atoms with Gasteiger partial charge >= 0.3 is 0 Å². The van der Waals surface area contributed by atoms with E-state index in [1.54, 1.807) is 0 Å². The molecule has 0 bridgehead atoms. The number of hydrogen-bond acceptors (Lipinski definition) is 4. The van der Waals surface area contributed by atoms with E-state index in [1.165, 1.54) is 43.1 Å². The van der Waals surface area contributed by atoms with Gasteiger partial charge in [0.2, 0.25) is 0 Å². The first kappa shape index (κ1) is 31.9. The minimum absolute atomic E-state index is 0.611. The predicted molar refractivity (Wildman–Crippen MR) is 232 cm³/mol. The molecule has 9 aromatic carbocycles. The summed E-state index contributed by atoms with van der Waals surface area (Å²) in [5.74, 6) is 1.84. The second-order valence-corrected chi connectivity index (χ2v) is 14.3. The summed E-state index contributed by atoms with van der Waals surface area (Å²) in [4.78, 5) is 20.1. The number of aromatic nitrogens is 4. The van der Waals surface area contributed by atoms with Crippen molar-refractivity contribution in [3.63, 3.8) is 0 Å². The van der Waals surface area contributed by atoms with Gasteiger partial charge in [0.25, 0.3) is 0 Å². The number of fused-ring (bicyclic) bond motifs is 5. The van der Waals surface area contributed by atoms with Crippen molar-refractivity contribution >= 4 is 54.0 Å². The first-order valence-corrected chi connectivity index (χ1v) is 18.9. The first-order chi connectivity index (χ1) is 27.7. The van der Waals surface area contributed by atoms with Crippen LogP contribution in [0, 0.1) is 0 Å². The zero-order valence-electron chi connectivity index (χ0n) is 30.3.